The van der Waals surface area contributed by atoms with Crippen molar-refractivity contribution in [3.05, 3.63) is 72.2 Å². The molecule has 3 aromatic rings. The molecule has 1 atom stereocenters. The highest BCUT2D eigenvalue weighted by Crippen LogP contribution is 2.31. The molecule has 2 N–H and O–H groups in total. The van der Waals surface area contributed by atoms with E-state index in [2.05, 4.69) is 16.0 Å². The van der Waals surface area contributed by atoms with E-state index in [9.17, 15) is 4.79 Å². The van der Waals surface area contributed by atoms with Crippen LogP contribution in [0, 0.1) is 0 Å². The first-order valence-electron chi connectivity index (χ1n) is 9.50. The molecule has 0 radical (unpaired) electrons. The fourth-order valence-corrected chi connectivity index (χ4v) is 3.91. The van der Waals surface area contributed by atoms with Crippen LogP contribution < -0.4 is 5.73 Å². The second kappa shape index (κ2) is 7.84. The van der Waals surface area contributed by atoms with Gasteiger partial charge in [0.05, 0.1) is 17.3 Å². The van der Waals surface area contributed by atoms with Gasteiger partial charge >= 0.3 is 0 Å². The second-order valence-corrected chi connectivity index (χ2v) is 7.17. The highest BCUT2D eigenvalue weighted by molar-refractivity contribution is 5.82. The SMILES string of the molecule is N[C@H](Cc1ccccc1)C(=O)N1CCC(c2ncnc3ccccc23)CC1. The monoisotopic (exact) mass is 360 g/mol. The van der Waals surface area contributed by atoms with E-state index in [1.54, 1.807) is 6.33 Å². The van der Waals surface area contributed by atoms with E-state index in [0.29, 0.717) is 12.3 Å². The predicted octanol–water partition coefficient (Wildman–Crippen LogP) is 2.91. The molecule has 2 heterocycles. The van der Waals surface area contributed by atoms with Crippen LogP contribution in [0.4, 0.5) is 0 Å². The number of amides is 1. The smallest absolute Gasteiger partial charge is 0.239 e. The van der Waals surface area contributed by atoms with Crippen LogP contribution in [0.2, 0.25) is 0 Å². The summed E-state index contributed by atoms with van der Waals surface area (Å²) >= 11 is 0. The Kier molecular flexibility index (Phi) is 5.12. The molecule has 0 saturated carbocycles. The minimum Gasteiger partial charge on any atom is -0.341 e. The van der Waals surface area contributed by atoms with Crippen molar-refractivity contribution in [3.8, 4) is 0 Å². The van der Waals surface area contributed by atoms with Crippen molar-refractivity contribution in [1.29, 1.82) is 0 Å². The van der Waals surface area contributed by atoms with Gasteiger partial charge in [0.25, 0.3) is 0 Å². The number of carbonyl (C=O) groups excluding carboxylic acids is 1. The lowest BCUT2D eigenvalue weighted by atomic mass is 9.90. The highest BCUT2D eigenvalue weighted by Gasteiger charge is 2.28. The Morgan fingerprint density at radius 1 is 1.04 bits per heavy atom. The zero-order chi connectivity index (χ0) is 18.6. The van der Waals surface area contributed by atoms with Crippen LogP contribution in [0.1, 0.15) is 30.0 Å². The Labute approximate surface area is 159 Å². The van der Waals surface area contributed by atoms with Crippen LogP contribution in [-0.2, 0) is 11.2 Å². The number of hydrogen-bond acceptors (Lipinski definition) is 4. The fraction of sp³-hybridized carbons (Fsp3) is 0.318. The largest absolute Gasteiger partial charge is 0.341 e. The molecule has 27 heavy (non-hydrogen) atoms. The van der Waals surface area contributed by atoms with Gasteiger partial charge < -0.3 is 10.6 Å². The van der Waals surface area contributed by atoms with Gasteiger partial charge in [0.2, 0.25) is 5.91 Å². The molecule has 1 fully saturated rings. The van der Waals surface area contributed by atoms with Gasteiger partial charge in [-0.25, -0.2) is 9.97 Å². The van der Waals surface area contributed by atoms with Gasteiger partial charge in [0, 0.05) is 24.4 Å². The predicted molar refractivity (Wildman–Crippen MR) is 106 cm³/mol. The number of para-hydroxylation sites is 1. The summed E-state index contributed by atoms with van der Waals surface area (Å²) in [6, 6.07) is 17.6. The fourth-order valence-electron chi connectivity index (χ4n) is 3.91. The molecule has 1 aliphatic heterocycles. The summed E-state index contributed by atoms with van der Waals surface area (Å²) in [5, 5.41) is 1.12. The van der Waals surface area contributed by atoms with Gasteiger partial charge in [0.1, 0.15) is 6.33 Å². The Morgan fingerprint density at radius 2 is 1.74 bits per heavy atom. The summed E-state index contributed by atoms with van der Waals surface area (Å²) in [6.45, 7) is 1.45. The summed E-state index contributed by atoms with van der Waals surface area (Å²) in [5.74, 6) is 0.400. The van der Waals surface area contributed by atoms with E-state index in [1.807, 2.05) is 53.4 Å². The molecule has 138 valence electrons. The van der Waals surface area contributed by atoms with E-state index in [-0.39, 0.29) is 5.91 Å². The van der Waals surface area contributed by atoms with Gasteiger partial charge in [-0.2, -0.15) is 0 Å². The minimum atomic E-state index is -0.483. The topological polar surface area (TPSA) is 72.1 Å². The molecule has 1 aromatic heterocycles. The summed E-state index contributed by atoms with van der Waals surface area (Å²) in [6.07, 6.45) is 4.04. The van der Waals surface area contributed by atoms with Crippen LogP contribution in [-0.4, -0.2) is 39.9 Å². The number of hydrogen-bond donors (Lipinski definition) is 1. The summed E-state index contributed by atoms with van der Waals surface area (Å²) < 4.78 is 0. The van der Waals surface area contributed by atoms with Crippen molar-refractivity contribution in [2.45, 2.75) is 31.2 Å². The van der Waals surface area contributed by atoms with Gasteiger partial charge in [-0.15, -0.1) is 0 Å². The number of rotatable bonds is 4. The molecule has 0 unspecified atom stereocenters. The zero-order valence-electron chi connectivity index (χ0n) is 15.3. The number of aromatic nitrogens is 2. The summed E-state index contributed by atoms with van der Waals surface area (Å²) in [4.78, 5) is 23.5. The van der Waals surface area contributed by atoms with Crippen molar-refractivity contribution in [2.24, 2.45) is 5.73 Å². The van der Waals surface area contributed by atoms with Crippen LogP contribution >= 0.6 is 0 Å². The first-order valence-corrected chi connectivity index (χ1v) is 9.50. The molecule has 2 aromatic carbocycles. The molecular formula is C22H24N4O. The van der Waals surface area contributed by atoms with Gasteiger partial charge in [-0.3, -0.25) is 4.79 Å². The highest BCUT2D eigenvalue weighted by atomic mass is 16.2. The Morgan fingerprint density at radius 3 is 2.52 bits per heavy atom. The van der Waals surface area contributed by atoms with E-state index >= 15 is 0 Å². The molecule has 1 saturated heterocycles. The lowest BCUT2D eigenvalue weighted by Gasteiger charge is -2.33. The molecule has 0 bridgehead atoms. The van der Waals surface area contributed by atoms with Crippen LogP contribution in [0.3, 0.4) is 0 Å². The number of benzene rings is 2. The molecule has 5 nitrogen and oxygen atoms in total. The number of piperidine rings is 1. The molecule has 0 aliphatic carbocycles. The first kappa shape index (κ1) is 17.6. The van der Waals surface area contributed by atoms with Gasteiger partial charge in [-0.1, -0.05) is 48.5 Å². The quantitative estimate of drug-likeness (QED) is 0.776. The molecular weight excluding hydrogens is 336 g/mol. The van der Waals surface area contributed by atoms with Crippen molar-refractivity contribution < 1.29 is 4.79 Å². The number of nitrogens with zero attached hydrogens (tertiary/aromatic N) is 3. The van der Waals surface area contributed by atoms with E-state index < -0.39 is 6.04 Å². The second-order valence-electron chi connectivity index (χ2n) is 7.17. The average molecular weight is 360 g/mol. The number of carbonyl (C=O) groups is 1. The van der Waals surface area contributed by atoms with Crippen LogP contribution in [0.25, 0.3) is 10.9 Å². The van der Waals surface area contributed by atoms with Crippen molar-refractivity contribution >= 4 is 16.8 Å². The third-order valence-electron chi connectivity index (χ3n) is 5.38. The van der Waals surface area contributed by atoms with Crippen molar-refractivity contribution in [1.82, 2.24) is 14.9 Å². The Balaban J connectivity index is 1.40. The minimum absolute atomic E-state index is 0.0462. The lowest BCUT2D eigenvalue weighted by Crippen LogP contribution is -2.47. The lowest BCUT2D eigenvalue weighted by molar-refractivity contribution is -0.133. The van der Waals surface area contributed by atoms with Gasteiger partial charge in [-0.05, 0) is 30.9 Å². The molecule has 0 spiro atoms. The molecule has 1 amide bonds. The first-order chi connectivity index (χ1) is 13.2. The zero-order valence-corrected chi connectivity index (χ0v) is 15.3. The summed E-state index contributed by atoms with van der Waals surface area (Å²) in [7, 11) is 0. The van der Waals surface area contributed by atoms with Gasteiger partial charge in [0.15, 0.2) is 0 Å². The van der Waals surface area contributed by atoms with Crippen LogP contribution in [0.5, 0.6) is 0 Å². The van der Waals surface area contributed by atoms with E-state index in [4.69, 9.17) is 5.73 Å². The standard InChI is InChI=1S/C22H24N4O/c23-19(14-16-6-2-1-3-7-16)22(27)26-12-10-17(11-13-26)21-18-8-4-5-9-20(18)24-15-25-21/h1-9,15,17,19H,10-14,23H2/t19-/m1/s1. The third-order valence-corrected chi connectivity index (χ3v) is 5.38. The maximum absolute atomic E-state index is 12.7. The molecule has 5 heteroatoms. The van der Waals surface area contributed by atoms with E-state index in [1.165, 1.54) is 0 Å². The molecule has 1 aliphatic rings. The van der Waals surface area contributed by atoms with Crippen LogP contribution in [0.15, 0.2) is 60.9 Å². The maximum Gasteiger partial charge on any atom is 0.239 e. The number of likely N-dealkylation sites (tertiary alicyclic amines) is 1. The summed E-state index contributed by atoms with van der Waals surface area (Å²) in [5.41, 5.74) is 9.36. The third kappa shape index (κ3) is 3.83. The van der Waals surface area contributed by atoms with E-state index in [0.717, 1.165) is 48.1 Å². The normalized spacial score (nSPS) is 16.4. The molecule has 4 rings (SSSR count). The Bertz CT molecular complexity index is 915. The average Bonchev–Trinajstić information content (AvgIpc) is 2.73. The Hall–Kier alpha value is -2.79. The van der Waals surface area contributed by atoms with Crippen molar-refractivity contribution in [3.63, 3.8) is 0 Å². The maximum atomic E-state index is 12.7. The number of fused-ring (bicyclic) bond motifs is 1. The number of nitrogens with two attached hydrogens (primary N) is 1. The van der Waals surface area contributed by atoms with Crippen molar-refractivity contribution in [2.75, 3.05) is 13.1 Å².